The SMILES string of the molecule is C#CCCCC(NN)c1c(F)cccc1Br. The average molecular weight is 285 g/mol. The standard InChI is InChI=1S/C12H14BrFN2/c1-2-3-4-8-11(16-15)12-9(13)6-5-7-10(12)14/h1,5-7,11,16H,3-4,8,15H2. The van der Waals surface area contributed by atoms with E-state index in [4.69, 9.17) is 12.3 Å². The van der Waals surface area contributed by atoms with Crippen molar-refractivity contribution in [3.05, 3.63) is 34.1 Å². The highest BCUT2D eigenvalue weighted by Crippen LogP contribution is 2.28. The van der Waals surface area contributed by atoms with Gasteiger partial charge in [0, 0.05) is 16.5 Å². The van der Waals surface area contributed by atoms with Crippen molar-refractivity contribution in [1.29, 1.82) is 0 Å². The number of nitrogens with two attached hydrogens (primary N) is 1. The third-order valence-corrected chi connectivity index (χ3v) is 3.05. The quantitative estimate of drug-likeness (QED) is 0.378. The molecule has 1 atom stereocenters. The molecule has 0 aliphatic heterocycles. The van der Waals surface area contributed by atoms with Crippen molar-refractivity contribution in [2.75, 3.05) is 0 Å². The number of hydrazine groups is 1. The van der Waals surface area contributed by atoms with Gasteiger partial charge in [0.25, 0.3) is 0 Å². The van der Waals surface area contributed by atoms with Crippen LogP contribution < -0.4 is 11.3 Å². The molecular formula is C12H14BrFN2. The van der Waals surface area contributed by atoms with Crippen LogP contribution in [-0.4, -0.2) is 0 Å². The lowest BCUT2D eigenvalue weighted by Gasteiger charge is -2.18. The van der Waals surface area contributed by atoms with E-state index in [1.54, 1.807) is 12.1 Å². The first-order chi connectivity index (χ1) is 7.70. The summed E-state index contributed by atoms with van der Waals surface area (Å²) in [6, 6.07) is 4.65. The molecule has 1 aromatic rings. The van der Waals surface area contributed by atoms with E-state index < -0.39 is 0 Å². The fraction of sp³-hybridized carbons (Fsp3) is 0.333. The van der Waals surface area contributed by atoms with Crippen molar-refractivity contribution in [2.45, 2.75) is 25.3 Å². The summed E-state index contributed by atoms with van der Waals surface area (Å²) in [5.74, 6) is 7.72. The monoisotopic (exact) mass is 284 g/mol. The number of benzene rings is 1. The van der Waals surface area contributed by atoms with E-state index in [1.165, 1.54) is 6.07 Å². The second-order valence-electron chi connectivity index (χ2n) is 3.45. The zero-order chi connectivity index (χ0) is 12.0. The van der Waals surface area contributed by atoms with Crippen LogP contribution in [0.1, 0.15) is 30.9 Å². The van der Waals surface area contributed by atoms with Crippen molar-refractivity contribution >= 4 is 15.9 Å². The van der Waals surface area contributed by atoms with E-state index >= 15 is 0 Å². The summed E-state index contributed by atoms with van der Waals surface area (Å²) in [6.45, 7) is 0. The lowest BCUT2D eigenvalue weighted by atomic mass is 10.0. The maximum Gasteiger partial charge on any atom is 0.129 e. The lowest BCUT2D eigenvalue weighted by Crippen LogP contribution is -2.29. The number of hydrogen-bond donors (Lipinski definition) is 2. The lowest BCUT2D eigenvalue weighted by molar-refractivity contribution is 0.473. The Morgan fingerprint density at radius 1 is 1.56 bits per heavy atom. The van der Waals surface area contributed by atoms with E-state index in [0.717, 1.165) is 10.9 Å². The van der Waals surface area contributed by atoms with Gasteiger partial charge in [-0.2, -0.15) is 0 Å². The number of unbranched alkanes of at least 4 members (excludes halogenated alkanes) is 1. The summed E-state index contributed by atoms with van der Waals surface area (Å²) in [4.78, 5) is 0. The molecule has 3 N–H and O–H groups in total. The van der Waals surface area contributed by atoms with Gasteiger partial charge in [-0.05, 0) is 25.0 Å². The van der Waals surface area contributed by atoms with Crippen LogP contribution in [0.4, 0.5) is 4.39 Å². The summed E-state index contributed by atoms with van der Waals surface area (Å²) in [5.41, 5.74) is 3.18. The molecule has 1 aromatic carbocycles. The van der Waals surface area contributed by atoms with E-state index in [-0.39, 0.29) is 11.9 Å². The van der Waals surface area contributed by atoms with Crippen molar-refractivity contribution in [2.24, 2.45) is 5.84 Å². The Labute approximate surface area is 104 Å². The molecule has 0 spiro atoms. The first kappa shape index (κ1) is 13.2. The molecule has 0 heterocycles. The largest absolute Gasteiger partial charge is 0.271 e. The van der Waals surface area contributed by atoms with Gasteiger partial charge in [0.2, 0.25) is 0 Å². The van der Waals surface area contributed by atoms with Crippen LogP contribution in [0, 0.1) is 18.2 Å². The summed E-state index contributed by atoms with van der Waals surface area (Å²) in [5, 5.41) is 0. The summed E-state index contributed by atoms with van der Waals surface area (Å²) in [7, 11) is 0. The Kier molecular flexibility index (Phi) is 5.47. The smallest absolute Gasteiger partial charge is 0.129 e. The molecule has 0 radical (unpaired) electrons. The highest BCUT2D eigenvalue weighted by atomic mass is 79.9. The normalized spacial score (nSPS) is 12.1. The zero-order valence-corrected chi connectivity index (χ0v) is 10.4. The number of rotatable bonds is 5. The van der Waals surface area contributed by atoms with Gasteiger partial charge in [0.05, 0.1) is 6.04 Å². The topological polar surface area (TPSA) is 38.0 Å². The van der Waals surface area contributed by atoms with E-state index in [2.05, 4.69) is 27.3 Å². The van der Waals surface area contributed by atoms with Gasteiger partial charge < -0.3 is 0 Å². The molecule has 4 heteroatoms. The van der Waals surface area contributed by atoms with Crippen LogP contribution in [0.15, 0.2) is 22.7 Å². The van der Waals surface area contributed by atoms with Crippen molar-refractivity contribution < 1.29 is 4.39 Å². The van der Waals surface area contributed by atoms with Crippen LogP contribution >= 0.6 is 15.9 Å². The van der Waals surface area contributed by atoms with Crippen LogP contribution in [0.3, 0.4) is 0 Å². The second-order valence-corrected chi connectivity index (χ2v) is 4.31. The van der Waals surface area contributed by atoms with Crippen LogP contribution in [0.25, 0.3) is 0 Å². The van der Waals surface area contributed by atoms with Crippen LogP contribution in [0.5, 0.6) is 0 Å². The first-order valence-electron chi connectivity index (χ1n) is 5.04. The maximum atomic E-state index is 13.6. The fourth-order valence-corrected chi connectivity index (χ4v) is 2.18. The Morgan fingerprint density at radius 2 is 2.31 bits per heavy atom. The maximum absolute atomic E-state index is 13.6. The molecule has 1 rings (SSSR count). The number of terminal acetylenes is 1. The number of nitrogens with one attached hydrogen (secondary N) is 1. The summed E-state index contributed by atoms with van der Waals surface area (Å²) in [6.07, 6.45) is 7.36. The molecule has 16 heavy (non-hydrogen) atoms. The van der Waals surface area contributed by atoms with Crippen molar-refractivity contribution in [1.82, 2.24) is 5.43 Å². The van der Waals surface area contributed by atoms with E-state index in [0.29, 0.717) is 18.4 Å². The molecule has 0 bridgehead atoms. The van der Waals surface area contributed by atoms with Crippen molar-refractivity contribution in [3.63, 3.8) is 0 Å². The van der Waals surface area contributed by atoms with Gasteiger partial charge in [0.15, 0.2) is 0 Å². The number of hydrogen-bond acceptors (Lipinski definition) is 2. The van der Waals surface area contributed by atoms with Gasteiger partial charge in [-0.15, -0.1) is 12.3 Å². The molecule has 1 unspecified atom stereocenters. The van der Waals surface area contributed by atoms with Gasteiger partial charge in [-0.25, -0.2) is 4.39 Å². The average Bonchev–Trinajstić information content (AvgIpc) is 2.26. The van der Waals surface area contributed by atoms with E-state index in [9.17, 15) is 4.39 Å². The summed E-state index contributed by atoms with van der Waals surface area (Å²) >= 11 is 3.32. The second kappa shape index (κ2) is 6.64. The first-order valence-corrected chi connectivity index (χ1v) is 5.83. The molecule has 0 amide bonds. The molecule has 0 aromatic heterocycles. The molecule has 0 saturated carbocycles. The van der Waals surface area contributed by atoms with E-state index in [1.807, 2.05) is 0 Å². The Hall–Kier alpha value is -0.890. The molecule has 0 saturated heterocycles. The highest BCUT2D eigenvalue weighted by Gasteiger charge is 2.16. The Balaban J connectivity index is 2.83. The van der Waals surface area contributed by atoms with Gasteiger partial charge in [0.1, 0.15) is 5.82 Å². The van der Waals surface area contributed by atoms with Gasteiger partial charge in [-0.1, -0.05) is 22.0 Å². The third kappa shape index (κ3) is 3.31. The highest BCUT2D eigenvalue weighted by molar-refractivity contribution is 9.10. The minimum Gasteiger partial charge on any atom is -0.271 e. The van der Waals surface area contributed by atoms with Gasteiger partial charge >= 0.3 is 0 Å². The zero-order valence-electron chi connectivity index (χ0n) is 8.84. The number of halogens is 2. The Bertz CT molecular complexity index is 367. The minimum atomic E-state index is -0.266. The van der Waals surface area contributed by atoms with Crippen molar-refractivity contribution in [3.8, 4) is 12.3 Å². The Morgan fingerprint density at radius 3 is 2.88 bits per heavy atom. The molecule has 0 aliphatic carbocycles. The predicted octanol–water partition coefficient (Wildman–Crippen LogP) is 2.90. The van der Waals surface area contributed by atoms with Crippen LogP contribution in [-0.2, 0) is 0 Å². The molecule has 0 aliphatic rings. The molecular weight excluding hydrogens is 271 g/mol. The molecule has 0 fully saturated rings. The van der Waals surface area contributed by atoms with Crippen LogP contribution in [0.2, 0.25) is 0 Å². The molecule has 86 valence electrons. The fourth-order valence-electron chi connectivity index (χ4n) is 1.56. The molecule has 2 nitrogen and oxygen atoms in total. The third-order valence-electron chi connectivity index (χ3n) is 2.36. The predicted molar refractivity (Wildman–Crippen MR) is 66.8 cm³/mol. The summed E-state index contributed by atoms with van der Waals surface area (Å²) < 4.78 is 14.3. The van der Waals surface area contributed by atoms with Gasteiger partial charge in [-0.3, -0.25) is 11.3 Å². The minimum absolute atomic E-state index is 0.219.